The summed E-state index contributed by atoms with van der Waals surface area (Å²) in [4.78, 5) is 4.31. The van der Waals surface area contributed by atoms with Gasteiger partial charge in [0.1, 0.15) is 0 Å². The molecule has 18 heavy (non-hydrogen) atoms. The van der Waals surface area contributed by atoms with E-state index in [1.807, 2.05) is 24.3 Å². The summed E-state index contributed by atoms with van der Waals surface area (Å²) in [5, 5.41) is 4.49. The molecule has 0 amide bonds. The van der Waals surface area contributed by atoms with Gasteiger partial charge in [0.2, 0.25) is 0 Å². The number of nitrogens with zero attached hydrogens (tertiary/aromatic N) is 1. The van der Waals surface area contributed by atoms with E-state index in [-0.39, 0.29) is 0 Å². The number of hydrogen-bond donors (Lipinski definition) is 2. The average molecular weight is 257 g/mol. The van der Waals surface area contributed by atoms with Gasteiger partial charge in [-0.3, -0.25) is 4.98 Å². The maximum Gasteiger partial charge on any atom is 0.0743 e. The summed E-state index contributed by atoms with van der Waals surface area (Å²) in [6, 6.07) is 7.74. The number of nitrogen functional groups attached to an aromatic ring is 1. The molecule has 2 aromatic rings. The van der Waals surface area contributed by atoms with Gasteiger partial charge in [0.05, 0.1) is 11.3 Å². The highest BCUT2D eigenvalue weighted by Crippen LogP contribution is 2.23. The summed E-state index contributed by atoms with van der Waals surface area (Å²) in [5.74, 6) is 4.36. The normalized spacial score (nSPS) is 10.2. The number of hydrogen-bond acceptors (Lipinski definition) is 4. The number of anilines is 2. The van der Waals surface area contributed by atoms with E-state index in [1.165, 1.54) is 0 Å². The predicted molar refractivity (Wildman–Crippen MR) is 80.8 cm³/mol. The molecule has 2 rings (SSSR count). The molecule has 0 spiro atoms. The van der Waals surface area contributed by atoms with Gasteiger partial charge >= 0.3 is 0 Å². The Labute approximate surface area is 111 Å². The van der Waals surface area contributed by atoms with E-state index < -0.39 is 0 Å². The summed E-state index contributed by atoms with van der Waals surface area (Å²) in [6.07, 6.45) is 6.99. The molecule has 3 nitrogen and oxygen atoms in total. The van der Waals surface area contributed by atoms with E-state index in [1.54, 1.807) is 18.0 Å². The maximum absolute atomic E-state index is 5.75. The van der Waals surface area contributed by atoms with E-state index in [9.17, 15) is 0 Å². The van der Waals surface area contributed by atoms with Crippen molar-refractivity contribution in [3.63, 3.8) is 0 Å². The minimum absolute atomic E-state index is 0.733. The zero-order valence-corrected chi connectivity index (χ0v) is 10.8. The minimum Gasteiger partial charge on any atom is -0.399 e. The van der Waals surface area contributed by atoms with Gasteiger partial charge in [-0.05, 0) is 24.3 Å². The third-order valence-corrected chi connectivity index (χ3v) is 3.38. The van der Waals surface area contributed by atoms with Crippen molar-refractivity contribution >= 4 is 34.0 Å². The second kappa shape index (κ2) is 6.18. The molecule has 0 radical (unpaired) electrons. The van der Waals surface area contributed by atoms with Gasteiger partial charge < -0.3 is 11.1 Å². The standard InChI is InChI=1S/C14H15N3S/c1-2-8-18-9-7-17-13-5-6-16-14-10-11(15)3-4-12(13)14/h1,3-6,10H,7-9,15H2,(H,16,17). The van der Waals surface area contributed by atoms with Gasteiger partial charge in [-0.25, -0.2) is 0 Å². The highest BCUT2D eigenvalue weighted by molar-refractivity contribution is 7.99. The second-order valence-corrected chi connectivity index (χ2v) is 4.92. The smallest absolute Gasteiger partial charge is 0.0743 e. The average Bonchev–Trinajstić information content (AvgIpc) is 2.38. The van der Waals surface area contributed by atoms with Gasteiger partial charge in [-0.1, -0.05) is 5.92 Å². The summed E-state index contributed by atoms with van der Waals surface area (Å²) >= 11 is 1.75. The number of thioether (sulfide) groups is 1. The molecule has 4 heteroatoms. The third-order valence-electron chi connectivity index (χ3n) is 2.51. The zero-order valence-electron chi connectivity index (χ0n) is 10.0. The quantitative estimate of drug-likeness (QED) is 0.491. The first-order valence-corrected chi connectivity index (χ1v) is 6.86. The molecule has 1 aromatic carbocycles. The van der Waals surface area contributed by atoms with E-state index >= 15 is 0 Å². The lowest BCUT2D eigenvalue weighted by Crippen LogP contribution is -2.05. The van der Waals surface area contributed by atoms with Crippen LogP contribution in [-0.2, 0) is 0 Å². The molecule has 92 valence electrons. The van der Waals surface area contributed by atoms with Crippen LogP contribution in [0.15, 0.2) is 30.5 Å². The summed E-state index contributed by atoms with van der Waals surface area (Å²) in [6.45, 7) is 0.885. The first kappa shape index (κ1) is 12.6. The van der Waals surface area contributed by atoms with E-state index in [4.69, 9.17) is 12.2 Å². The number of terminal acetylenes is 1. The number of aromatic nitrogens is 1. The van der Waals surface area contributed by atoms with Gasteiger partial charge in [0.15, 0.2) is 0 Å². The first-order valence-electron chi connectivity index (χ1n) is 5.70. The fraction of sp³-hybridized carbons (Fsp3) is 0.214. The minimum atomic E-state index is 0.733. The molecule has 0 aliphatic rings. The Morgan fingerprint density at radius 3 is 3.11 bits per heavy atom. The van der Waals surface area contributed by atoms with Crippen LogP contribution in [0.25, 0.3) is 10.9 Å². The lowest BCUT2D eigenvalue weighted by atomic mass is 10.1. The van der Waals surface area contributed by atoms with Crippen molar-refractivity contribution in [2.45, 2.75) is 0 Å². The van der Waals surface area contributed by atoms with Gasteiger partial charge in [-0.15, -0.1) is 18.2 Å². The Bertz CT molecular complexity index is 575. The van der Waals surface area contributed by atoms with Crippen LogP contribution in [0.5, 0.6) is 0 Å². The van der Waals surface area contributed by atoms with Gasteiger partial charge in [0, 0.05) is 35.3 Å². The second-order valence-electron chi connectivity index (χ2n) is 3.82. The summed E-state index contributed by atoms with van der Waals surface area (Å²) in [7, 11) is 0. The maximum atomic E-state index is 5.75. The lowest BCUT2D eigenvalue weighted by molar-refractivity contribution is 1.23. The van der Waals surface area contributed by atoms with Gasteiger partial charge in [-0.2, -0.15) is 0 Å². The van der Waals surface area contributed by atoms with Crippen molar-refractivity contribution in [1.29, 1.82) is 0 Å². The largest absolute Gasteiger partial charge is 0.399 e. The molecule has 0 saturated heterocycles. The van der Waals surface area contributed by atoms with Crippen molar-refractivity contribution < 1.29 is 0 Å². The van der Waals surface area contributed by atoms with E-state index in [0.29, 0.717) is 0 Å². The summed E-state index contributed by atoms with van der Waals surface area (Å²) in [5.41, 5.74) is 8.48. The Morgan fingerprint density at radius 2 is 2.28 bits per heavy atom. The van der Waals surface area contributed by atoms with Crippen molar-refractivity contribution in [3.05, 3.63) is 30.5 Å². The Kier molecular flexibility index (Phi) is 4.32. The van der Waals surface area contributed by atoms with Crippen LogP contribution in [0.2, 0.25) is 0 Å². The molecule has 0 bridgehead atoms. The molecule has 3 N–H and O–H groups in total. The molecule has 1 aromatic heterocycles. The van der Waals surface area contributed by atoms with Crippen LogP contribution in [0, 0.1) is 12.3 Å². The molecule has 1 heterocycles. The summed E-state index contributed by atoms with van der Waals surface area (Å²) < 4.78 is 0. The van der Waals surface area contributed by atoms with Crippen LogP contribution in [0.4, 0.5) is 11.4 Å². The Hall–Kier alpha value is -1.86. The lowest BCUT2D eigenvalue weighted by Gasteiger charge is -2.09. The number of nitrogens with one attached hydrogen (secondary N) is 1. The number of rotatable bonds is 5. The van der Waals surface area contributed by atoms with Crippen molar-refractivity contribution in [1.82, 2.24) is 4.98 Å². The number of pyridine rings is 1. The van der Waals surface area contributed by atoms with Gasteiger partial charge in [0.25, 0.3) is 0 Å². The SMILES string of the molecule is C#CCSCCNc1ccnc2cc(N)ccc12. The van der Waals surface area contributed by atoms with Crippen molar-refractivity contribution in [2.24, 2.45) is 0 Å². The van der Waals surface area contributed by atoms with Crippen LogP contribution in [-0.4, -0.2) is 23.0 Å². The molecule has 0 saturated carbocycles. The molecule has 0 fully saturated rings. The van der Waals surface area contributed by atoms with Crippen LogP contribution in [0.3, 0.4) is 0 Å². The van der Waals surface area contributed by atoms with Crippen LogP contribution in [0.1, 0.15) is 0 Å². The first-order chi connectivity index (χ1) is 8.81. The molecular weight excluding hydrogens is 242 g/mol. The Balaban J connectivity index is 2.07. The Morgan fingerprint density at radius 1 is 1.39 bits per heavy atom. The van der Waals surface area contributed by atoms with Crippen LogP contribution < -0.4 is 11.1 Å². The molecule has 0 aliphatic heterocycles. The van der Waals surface area contributed by atoms with Crippen molar-refractivity contribution in [2.75, 3.05) is 29.1 Å². The molecule has 0 unspecified atom stereocenters. The predicted octanol–water partition coefficient (Wildman–Crippen LogP) is 2.60. The third kappa shape index (κ3) is 3.08. The fourth-order valence-corrected chi connectivity index (χ4v) is 2.22. The molecule has 0 atom stereocenters. The van der Waals surface area contributed by atoms with Crippen LogP contribution >= 0.6 is 11.8 Å². The van der Waals surface area contributed by atoms with E-state index in [2.05, 4.69) is 16.2 Å². The van der Waals surface area contributed by atoms with Crippen molar-refractivity contribution in [3.8, 4) is 12.3 Å². The highest BCUT2D eigenvalue weighted by atomic mass is 32.2. The molecule has 0 aliphatic carbocycles. The number of benzene rings is 1. The topological polar surface area (TPSA) is 50.9 Å². The van der Waals surface area contributed by atoms with E-state index in [0.717, 1.165) is 40.3 Å². The number of nitrogens with two attached hydrogens (primary N) is 1. The number of fused-ring (bicyclic) bond motifs is 1. The highest BCUT2D eigenvalue weighted by Gasteiger charge is 2.01. The monoisotopic (exact) mass is 257 g/mol. The zero-order chi connectivity index (χ0) is 12.8. The fourth-order valence-electron chi connectivity index (χ4n) is 1.71. The molecular formula is C14H15N3S.